The van der Waals surface area contributed by atoms with Gasteiger partial charge in [0.25, 0.3) is 0 Å². The molecule has 0 saturated heterocycles. The van der Waals surface area contributed by atoms with Gasteiger partial charge in [0, 0.05) is 0 Å². The van der Waals surface area contributed by atoms with Gasteiger partial charge in [-0.15, -0.1) is 0 Å². The Morgan fingerprint density at radius 1 is 1.05 bits per heavy atom. The molecule has 0 unspecified atom stereocenters. The van der Waals surface area contributed by atoms with Gasteiger partial charge in [0.15, 0.2) is 0 Å². The maximum atomic E-state index is 11.4. The lowest BCUT2D eigenvalue weighted by Gasteiger charge is -2.18. The zero-order valence-electron chi connectivity index (χ0n) is 12.9. The maximum absolute atomic E-state index is 11.4. The van der Waals surface area contributed by atoms with Crippen molar-refractivity contribution in [2.75, 3.05) is 7.11 Å². The van der Waals surface area contributed by atoms with Crippen molar-refractivity contribution >= 4 is 6.09 Å². The number of nitrogens with one attached hydrogen (secondary N) is 1. The molecule has 0 aromatic heterocycles. The molecule has 0 aliphatic heterocycles. The highest BCUT2D eigenvalue weighted by atomic mass is 16.5. The number of ether oxygens (including phenoxy) is 2. The number of hydrogen-bond donors (Lipinski definition) is 1. The molecule has 4 heteroatoms. The molecule has 2 aromatic rings. The summed E-state index contributed by atoms with van der Waals surface area (Å²) in [7, 11) is 1.37. The van der Waals surface area contributed by atoms with Crippen molar-refractivity contribution in [1.29, 1.82) is 0 Å². The first-order chi connectivity index (χ1) is 10.7. The Labute approximate surface area is 131 Å². The van der Waals surface area contributed by atoms with Crippen LogP contribution in [0.4, 0.5) is 4.79 Å². The smallest absolute Gasteiger partial charge is 0.407 e. The predicted octanol–water partition coefficient (Wildman–Crippen LogP) is 4.68. The van der Waals surface area contributed by atoms with E-state index in [1.807, 2.05) is 54.6 Å². The average molecular weight is 299 g/mol. The van der Waals surface area contributed by atoms with Crippen LogP contribution in [0.15, 0.2) is 54.6 Å². The zero-order valence-corrected chi connectivity index (χ0v) is 12.9. The van der Waals surface area contributed by atoms with Gasteiger partial charge < -0.3 is 14.8 Å². The van der Waals surface area contributed by atoms with Crippen LogP contribution in [0.2, 0.25) is 0 Å². The van der Waals surface area contributed by atoms with Crippen LogP contribution in [0, 0.1) is 0 Å². The molecule has 1 amide bonds. The fourth-order valence-corrected chi connectivity index (χ4v) is 2.20. The molecule has 1 N–H and O–H groups in total. The van der Waals surface area contributed by atoms with Crippen molar-refractivity contribution in [3.05, 3.63) is 60.2 Å². The van der Waals surface area contributed by atoms with E-state index in [2.05, 4.69) is 17.0 Å². The van der Waals surface area contributed by atoms with Crippen LogP contribution in [-0.2, 0) is 4.74 Å². The Hall–Kier alpha value is -2.49. The molecule has 0 saturated carbocycles. The molecule has 2 aromatic carbocycles. The van der Waals surface area contributed by atoms with E-state index >= 15 is 0 Å². The number of amides is 1. The largest absolute Gasteiger partial charge is 0.457 e. The first kappa shape index (κ1) is 15.9. The van der Waals surface area contributed by atoms with Crippen LogP contribution in [0.1, 0.15) is 31.4 Å². The second kappa shape index (κ2) is 8.08. The Kier molecular flexibility index (Phi) is 5.83. The normalized spacial score (nSPS) is 11.5. The fourth-order valence-electron chi connectivity index (χ4n) is 2.20. The third-order valence-electron chi connectivity index (χ3n) is 3.32. The number of hydrogen-bond acceptors (Lipinski definition) is 3. The van der Waals surface area contributed by atoms with Crippen LogP contribution >= 0.6 is 0 Å². The van der Waals surface area contributed by atoms with Crippen molar-refractivity contribution in [3.8, 4) is 11.5 Å². The molecular formula is C18H21NO3. The molecule has 1 atom stereocenters. The van der Waals surface area contributed by atoms with Gasteiger partial charge in [0.05, 0.1) is 13.2 Å². The first-order valence-electron chi connectivity index (χ1n) is 7.40. The summed E-state index contributed by atoms with van der Waals surface area (Å²) >= 11 is 0. The van der Waals surface area contributed by atoms with Crippen LogP contribution in [0.3, 0.4) is 0 Å². The third-order valence-corrected chi connectivity index (χ3v) is 3.32. The summed E-state index contributed by atoms with van der Waals surface area (Å²) < 4.78 is 10.4. The van der Waals surface area contributed by atoms with Gasteiger partial charge in [-0.1, -0.05) is 43.7 Å². The highest BCUT2D eigenvalue weighted by Gasteiger charge is 2.14. The van der Waals surface area contributed by atoms with Crippen LogP contribution < -0.4 is 10.1 Å². The molecule has 0 aliphatic carbocycles. The summed E-state index contributed by atoms with van der Waals surface area (Å²) in [5, 5.41) is 2.85. The summed E-state index contributed by atoms with van der Waals surface area (Å²) in [5.74, 6) is 1.57. The fraction of sp³-hybridized carbons (Fsp3) is 0.278. The molecule has 0 aliphatic rings. The summed E-state index contributed by atoms with van der Waals surface area (Å²) in [6.45, 7) is 2.08. The van der Waals surface area contributed by atoms with E-state index < -0.39 is 6.09 Å². The Balaban J connectivity index is 2.07. The van der Waals surface area contributed by atoms with E-state index in [4.69, 9.17) is 4.74 Å². The second-order valence-corrected chi connectivity index (χ2v) is 4.96. The highest BCUT2D eigenvalue weighted by molar-refractivity contribution is 5.67. The molecule has 0 heterocycles. The predicted molar refractivity (Wildman–Crippen MR) is 86.1 cm³/mol. The molecular weight excluding hydrogens is 278 g/mol. The molecule has 0 radical (unpaired) electrons. The lowest BCUT2D eigenvalue weighted by Crippen LogP contribution is -2.28. The van der Waals surface area contributed by atoms with Gasteiger partial charge in [-0.2, -0.15) is 0 Å². The number of benzene rings is 2. The highest BCUT2D eigenvalue weighted by Crippen LogP contribution is 2.25. The van der Waals surface area contributed by atoms with Crippen molar-refractivity contribution in [2.45, 2.75) is 25.8 Å². The van der Waals surface area contributed by atoms with E-state index in [1.54, 1.807) is 0 Å². The number of alkyl carbamates (subject to hydrolysis) is 1. The van der Waals surface area contributed by atoms with Crippen molar-refractivity contribution in [3.63, 3.8) is 0 Å². The summed E-state index contributed by atoms with van der Waals surface area (Å²) in [5.41, 5.74) is 1.03. The number of carbonyl (C=O) groups is 1. The number of methoxy groups -OCH3 is 1. The lowest BCUT2D eigenvalue weighted by molar-refractivity contribution is 0.166. The van der Waals surface area contributed by atoms with E-state index in [9.17, 15) is 4.79 Å². The van der Waals surface area contributed by atoms with E-state index in [1.165, 1.54) is 7.11 Å². The lowest BCUT2D eigenvalue weighted by atomic mass is 10.0. The van der Waals surface area contributed by atoms with Crippen molar-refractivity contribution < 1.29 is 14.3 Å². The minimum atomic E-state index is -0.414. The third kappa shape index (κ3) is 4.52. The Morgan fingerprint density at radius 3 is 2.27 bits per heavy atom. The number of rotatable bonds is 6. The molecule has 116 valence electrons. The zero-order chi connectivity index (χ0) is 15.8. The molecule has 4 nitrogen and oxygen atoms in total. The summed E-state index contributed by atoms with van der Waals surface area (Å²) in [6.07, 6.45) is 1.41. The van der Waals surface area contributed by atoms with Gasteiger partial charge >= 0.3 is 6.09 Å². The number of carbonyl (C=O) groups excluding carboxylic acids is 1. The minimum Gasteiger partial charge on any atom is -0.457 e. The monoisotopic (exact) mass is 299 g/mol. The van der Waals surface area contributed by atoms with Gasteiger partial charge in [-0.05, 0) is 36.2 Å². The first-order valence-corrected chi connectivity index (χ1v) is 7.40. The van der Waals surface area contributed by atoms with Gasteiger partial charge in [-0.25, -0.2) is 4.79 Å². The molecule has 2 rings (SSSR count). The number of para-hydroxylation sites is 1. The van der Waals surface area contributed by atoms with E-state index in [0.29, 0.717) is 0 Å². The van der Waals surface area contributed by atoms with E-state index in [0.717, 1.165) is 29.9 Å². The van der Waals surface area contributed by atoms with E-state index in [-0.39, 0.29) is 6.04 Å². The van der Waals surface area contributed by atoms with Gasteiger partial charge in [-0.3, -0.25) is 0 Å². The molecule has 0 bridgehead atoms. The summed E-state index contributed by atoms with van der Waals surface area (Å²) in [6, 6.07) is 17.3. The molecule has 22 heavy (non-hydrogen) atoms. The standard InChI is InChI=1S/C18H21NO3/c1-3-7-17(19-18(20)21-2)14-10-12-16(13-11-14)22-15-8-5-4-6-9-15/h4-6,8-13,17H,3,7H2,1-2H3,(H,19,20)/t17-/m1/s1. The average Bonchev–Trinajstić information content (AvgIpc) is 2.56. The van der Waals surface area contributed by atoms with Gasteiger partial charge in [0.2, 0.25) is 0 Å². The van der Waals surface area contributed by atoms with Crippen LogP contribution in [0.25, 0.3) is 0 Å². The summed E-state index contributed by atoms with van der Waals surface area (Å²) in [4.78, 5) is 11.4. The quantitative estimate of drug-likeness (QED) is 0.842. The van der Waals surface area contributed by atoms with Gasteiger partial charge in [0.1, 0.15) is 11.5 Å². The van der Waals surface area contributed by atoms with Crippen LogP contribution in [0.5, 0.6) is 11.5 Å². The molecule has 0 fully saturated rings. The topological polar surface area (TPSA) is 47.6 Å². The minimum absolute atomic E-state index is 0.0526. The van der Waals surface area contributed by atoms with Crippen molar-refractivity contribution in [1.82, 2.24) is 5.32 Å². The Bertz CT molecular complexity index is 581. The van der Waals surface area contributed by atoms with Crippen LogP contribution in [-0.4, -0.2) is 13.2 Å². The SMILES string of the molecule is CCC[C@@H](NC(=O)OC)c1ccc(Oc2ccccc2)cc1. The Morgan fingerprint density at radius 2 is 1.68 bits per heavy atom. The molecule has 0 spiro atoms. The second-order valence-electron chi connectivity index (χ2n) is 4.96. The van der Waals surface area contributed by atoms with Crippen molar-refractivity contribution in [2.24, 2.45) is 0 Å². The maximum Gasteiger partial charge on any atom is 0.407 e.